The molecule has 0 saturated heterocycles. The number of carbonyl (C=O) groups excluding carboxylic acids is 1. The van der Waals surface area contributed by atoms with Crippen LogP contribution in [0.3, 0.4) is 0 Å². The van der Waals surface area contributed by atoms with Gasteiger partial charge in [0.2, 0.25) is 0 Å². The highest BCUT2D eigenvalue weighted by molar-refractivity contribution is 6.35. The molecule has 1 amide bonds. The highest BCUT2D eigenvalue weighted by Crippen LogP contribution is 2.21. The lowest BCUT2D eigenvalue weighted by molar-refractivity contribution is 0.0951. The van der Waals surface area contributed by atoms with E-state index in [4.69, 9.17) is 23.2 Å². The van der Waals surface area contributed by atoms with Gasteiger partial charge in [0.1, 0.15) is 0 Å². The summed E-state index contributed by atoms with van der Waals surface area (Å²) in [5.41, 5.74) is 3.64. The van der Waals surface area contributed by atoms with Crippen molar-refractivity contribution in [1.29, 1.82) is 0 Å². The maximum absolute atomic E-state index is 12.3. The van der Waals surface area contributed by atoms with E-state index in [1.54, 1.807) is 12.1 Å². The van der Waals surface area contributed by atoms with Crippen molar-refractivity contribution >= 4 is 29.1 Å². The van der Waals surface area contributed by atoms with Crippen LogP contribution < -0.4 is 5.32 Å². The molecular formula is C20H15Cl2NO. The Morgan fingerprint density at radius 2 is 1.50 bits per heavy atom. The van der Waals surface area contributed by atoms with Crippen molar-refractivity contribution in [2.75, 3.05) is 0 Å². The standard InChI is InChI=1S/C20H15Cl2NO/c21-18-11-10-17(19(22)12-18)13-23-20(24)16-8-6-15(7-9-16)14-4-2-1-3-5-14/h1-12H,13H2,(H,23,24). The molecule has 3 aromatic rings. The molecule has 4 heteroatoms. The zero-order valence-corrected chi connectivity index (χ0v) is 14.3. The van der Waals surface area contributed by atoms with Crippen LogP contribution in [0.2, 0.25) is 10.0 Å². The Kier molecular flexibility index (Phi) is 5.19. The van der Waals surface area contributed by atoms with Crippen LogP contribution >= 0.6 is 23.2 Å². The SMILES string of the molecule is O=C(NCc1ccc(Cl)cc1Cl)c1ccc(-c2ccccc2)cc1. The number of nitrogens with one attached hydrogen (secondary N) is 1. The molecule has 0 bridgehead atoms. The molecule has 0 heterocycles. The van der Waals surface area contributed by atoms with E-state index in [1.807, 2.05) is 60.7 Å². The van der Waals surface area contributed by atoms with Crippen molar-refractivity contribution in [3.8, 4) is 11.1 Å². The van der Waals surface area contributed by atoms with E-state index in [0.29, 0.717) is 22.2 Å². The third kappa shape index (κ3) is 3.97. The average Bonchev–Trinajstić information content (AvgIpc) is 2.62. The second-order valence-corrected chi connectivity index (χ2v) is 6.21. The van der Waals surface area contributed by atoms with E-state index < -0.39 is 0 Å². The molecule has 0 fully saturated rings. The summed E-state index contributed by atoms with van der Waals surface area (Å²) >= 11 is 12.0. The highest BCUT2D eigenvalue weighted by atomic mass is 35.5. The molecule has 0 spiro atoms. The Morgan fingerprint density at radius 1 is 0.833 bits per heavy atom. The van der Waals surface area contributed by atoms with Gasteiger partial charge in [-0.3, -0.25) is 4.79 Å². The van der Waals surface area contributed by atoms with E-state index in [9.17, 15) is 4.79 Å². The smallest absolute Gasteiger partial charge is 0.251 e. The van der Waals surface area contributed by atoms with Crippen LogP contribution in [0.15, 0.2) is 72.8 Å². The highest BCUT2D eigenvalue weighted by Gasteiger charge is 2.07. The summed E-state index contributed by atoms with van der Waals surface area (Å²) in [4.78, 5) is 12.3. The van der Waals surface area contributed by atoms with Gasteiger partial charge in [-0.05, 0) is 41.0 Å². The van der Waals surface area contributed by atoms with Gasteiger partial charge in [0.25, 0.3) is 5.91 Å². The number of benzene rings is 3. The quantitative estimate of drug-likeness (QED) is 0.649. The molecule has 0 aliphatic rings. The molecule has 0 aliphatic heterocycles. The average molecular weight is 356 g/mol. The molecular weight excluding hydrogens is 341 g/mol. The molecule has 3 aromatic carbocycles. The van der Waals surface area contributed by atoms with Crippen LogP contribution in [0, 0.1) is 0 Å². The first-order valence-corrected chi connectivity index (χ1v) is 8.27. The lowest BCUT2D eigenvalue weighted by Crippen LogP contribution is -2.22. The minimum absolute atomic E-state index is 0.138. The van der Waals surface area contributed by atoms with E-state index in [1.165, 1.54) is 0 Å². The normalized spacial score (nSPS) is 10.4. The third-order valence-electron chi connectivity index (χ3n) is 3.71. The maximum atomic E-state index is 12.3. The van der Waals surface area contributed by atoms with Crippen molar-refractivity contribution in [3.63, 3.8) is 0 Å². The lowest BCUT2D eigenvalue weighted by Gasteiger charge is -2.08. The van der Waals surface area contributed by atoms with Crippen molar-refractivity contribution < 1.29 is 4.79 Å². The molecule has 1 N–H and O–H groups in total. The molecule has 2 nitrogen and oxygen atoms in total. The molecule has 0 radical (unpaired) electrons. The zero-order valence-electron chi connectivity index (χ0n) is 12.8. The van der Waals surface area contributed by atoms with Gasteiger partial charge in [0, 0.05) is 22.2 Å². The van der Waals surface area contributed by atoms with Crippen LogP contribution in [0.25, 0.3) is 11.1 Å². The molecule has 0 aromatic heterocycles. The summed E-state index contributed by atoms with van der Waals surface area (Å²) in [7, 11) is 0. The Morgan fingerprint density at radius 3 is 2.17 bits per heavy atom. The van der Waals surface area contributed by atoms with Gasteiger partial charge >= 0.3 is 0 Å². The van der Waals surface area contributed by atoms with E-state index in [2.05, 4.69) is 5.32 Å². The van der Waals surface area contributed by atoms with Crippen LogP contribution in [-0.4, -0.2) is 5.91 Å². The van der Waals surface area contributed by atoms with Crippen LogP contribution in [0.5, 0.6) is 0 Å². The first-order chi connectivity index (χ1) is 11.6. The number of rotatable bonds is 4. The van der Waals surface area contributed by atoms with Crippen molar-refractivity contribution in [2.45, 2.75) is 6.54 Å². The molecule has 24 heavy (non-hydrogen) atoms. The number of carbonyl (C=O) groups is 1. The predicted octanol–water partition coefficient (Wildman–Crippen LogP) is 5.59. The van der Waals surface area contributed by atoms with E-state index in [-0.39, 0.29) is 5.91 Å². The maximum Gasteiger partial charge on any atom is 0.251 e. The molecule has 120 valence electrons. The van der Waals surface area contributed by atoms with Gasteiger partial charge in [0.15, 0.2) is 0 Å². The summed E-state index contributed by atoms with van der Waals surface area (Å²) < 4.78 is 0. The van der Waals surface area contributed by atoms with E-state index in [0.717, 1.165) is 16.7 Å². The van der Waals surface area contributed by atoms with Crippen LogP contribution in [0.4, 0.5) is 0 Å². The number of amides is 1. The van der Waals surface area contributed by atoms with Gasteiger partial charge in [-0.1, -0.05) is 71.7 Å². The Bertz CT molecular complexity index is 845. The van der Waals surface area contributed by atoms with E-state index >= 15 is 0 Å². The molecule has 0 saturated carbocycles. The fourth-order valence-electron chi connectivity index (χ4n) is 2.39. The fourth-order valence-corrected chi connectivity index (χ4v) is 2.86. The Balaban J connectivity index is 1.67. The van der Waals surface area contributed by atoms with Crippen LogP contribution in [0.1, 0.15) is 15.9 Å². The summed E-state index contributed by atoms with van der Waals surface area (Å²) in [6, 6.07) is 22.8. The largest absolute Gasteiger partial charge is 0.348 e. The van der Waals surface area contributed by atoms with Crippen LogP contribution in [-0.2, 0) is 6.54 Å². The summed E-state index contributed by atoms with van der Waals surface area (Å²) in [5, 5.41) is 3.99. The summed E-state index contributed by atoms with van der Waals surface area (Å²) in [6.07, 6.45) is 0. The molecule has 3 rings (SSSR count). The molecule has 0 aliphatic carbocycles. The fraction of sp³-hybridized carbons (Fsp3) is 0.0500. The van der Waals surface area contributed by atoms with Gasteiger partial charge in [0.05, 0.1) is 0 Å². The second kappa shape index (κ2) is 7.52. The Labute approximate surface area is 151 Å². The number of halogens is 2. The summed E-state index contributed by atoms with van der Waals surface area (Å²) in [6.45, 7) is 0.356. The predicted molar refractivity (Wildman–Crippen MR) is 99.5 cm³/mol. The van der Waals surface area contributed by atoms with Crippen molar-refractivity contribution in [2.24, 2.45) is 0 Å². The number of hydrogen-bond donors (Lipinski definition) is 1. The van der Waals surface area contributed by atoms with Gasteiger partial charge in [-0.25, -0.2) is 0 Å². The minimum atomic E-state index is -0.138. The van der Waals surface area contributed by atoms with Crippen molar-refractivity contribution in [3.05, 3.63) is 94.0 Å². The first kappa shape index (κ1) is 16.6. The Hall–Kier alpha value is -2.29. The first-order valence-electron chi connectivity index (χ1n) is 7.51. The third-order valence-corrected chi connectivity index (χ3v) is 4.30. The van der Waals surface area contributed by atoms with Gasteiger partial charge in [-0.2, -0.15) is 0 Å². The summed E-state index contributed by atoms with van der Waals surface area (Å²) in [5.74, 6) is -0.138. The minimum Gasteiger partial charge on any atom is -0.348 e. The second-order valence-electron chi connectivity index (χ2n) is 5.36. The monoisotopic (exact) mass is 355 g/mol. The molecule has 0 atom stereocenters. The van der Waals surface area contributed by atoms with Gasteiger partial charge < -0.3 is 5.32 Å². The number of hydrogen-bond acceptors (Lipinski definition) is 1. The molecule has 0 unspecified atom stereocenters. The lowest BCUT2D eigenvalue weighted by atomic mass is 10.0. The topological polar surface area (TPSA) is 29.1 Å². The van der Waals surface area contributed by atoms with Crippen molar-refractivity contribution in [1.82, 2.24) is 5.32 Å². The van der Waals surface area contributed by atoms with Gasteiger partial charge in [-0.15, -0.1) is 0 Å². The zero-order chi connectivity index (χ0) is 16.9.